The fraction of sp³-hybridized carbons (Fsp3) is 0.800. The van der Waals surface area contributed by atoms with Crippen LogP contribution in [0.2, 0.25) is 0 Å². The van der Waals surface area contributed by atoms with Gasteiger partial charge in [0.2, 0.25) is 0 Å². The molecule has 0 unspecified atom stereocenters. The zero-order chi connectivity index (χ0) is 15.2. The maximum absolute atomic E-state index is 12.4. The second kappa shape index (κ2) is 7.29. The molecule has 0 amide bonds. The molecule has 0 bridgehead atoms. The summed E-state index contributed by atoms with van der Waals surface area (Å²) in [4.78, 5) is 22.7. The summed E-state index contributed by atoms with van der Waals surface area (Å²) in [6.45, 7) is 2.45. The molecule has 0 saturated heterocycles. The number of aliphatic hydroxyl groups is 1. The number of rotatable bonds is 6. The first-order chi connectivity index (χ1) is 8.66. The lowest BCUT2D eigenvalue weighted by Gasteiger charge is -2.26. The molecule has 6 nitrogen and oxygen atoms in total. The number of hydrogen-bond donors (Lipinski definition) is 2. The van der Waals surface area contributed by atoms with E-state index in [4.69, 9.17) is 10.8 Å². The van der Waals surface area contributed by atoms with Crippen molar-refractivity contribution in [3.63, 3.8) is 0 Å². The number of carbonyl (C=O) groups is 2. The van der Waals surface area contributed by atoms with E-state index in [0.29, 0.717) is 0 Å². The fourth-order valence-electron chi connectivity index (χ4n) is 1.30. The summed E-state index contributed by atoms with van der Waals surface area (Å²) in [6.07, 6.45) is -8.22. The number of ether oxygens (including phenoxy) is 2. The molecule has 0 aliphatic carbocycles. The highest BCUT2D eigenvalue weighted by Crippen LogP contribution is 2.28. The van der Waals surface area contributed by atoms with E-state index in [-0.39, 0.29) is 13.2 Å². The molecule has 0 aromatic heterocycles. The summed E-state index contributed by atoms with van der Waals surface area (Å²) in [5.41, 5.74) is 5.24. The zero-order valence-corrected chi connectivity index (χ0v) is 10.4. The van der Waals surface area contributed by atoms with Crippen LogP contribution in [0.3, 0.4) is 0 Å². The van der Waals surface area contributed by atoms with Crippen LogP contribution in [0.5, 0.6) is 0 Å². The van der Waals surface area contributed by atoms with Gasteiger partial charge in [-0.15, -0.1) is 0 Å². The van der Waals surface area contributed by atoms with E-state index in [2.05, 4.69) is 9.47 Å². The molecule has 9 heteroatoms. The predicted octanol–water partition coefficient (Wildman–Crippen LogP) is -0.0207. The van der Waals surface area contributed by atoms with Gasteiger partial charge in [0.1, 0.15) is 12.0 Å². The van der Waals surface area contributed by atoms with E-state index < -0.39 is 36.2 Å². The van der Waals surface area contributed by atoms with Crippen LogP contribution in [0.25, 0.3) is 0 Å². The maximum atomic E-state index is 12.4. The van der Waals surface area contributed by atoms with Gasteiger partial charge in [-0.3, -0.25) is 9.59 Å². The van der Waals surface area contributed by atoms with Gasteiger partial charge in [-0.1, -0.05) is 0 Å². The Labute approximate surface area is 107 Å². The third-order valence-corrected chi connectivity index (χ3v) is 2.18. The maximum Gasteiger partial charge on any atom is 0.415 e. The Hall–Kier alpha value is -1.35. The number of hydrogen-bond acceptors (Lipinski definition) is 6. The molecule has 112 valence electrons. The van der Waals surface area contributed by atoms with E-state index in [1.807, 2.05) is 0 Å². The van der Waals surface area contributed by atoms with Gasteiger partial charge in [-0.25, -0.2) is 0 Å². The number of halogens is 3. The van der Waals surface area contributed by atoms with Gasteiger partial charge in [0.15, 0.2) is 6.10 Å². The molecule has 3 N–H and O–H groups in total. The van der Waals surface area contributed by atoms with Gasteiger partial charge in [0.25, 0.3) is 0 Å². The van der Waals surface area contributed by atoms with Crippen molar-refractivity contribution in [2.45, 2.75) is 32.2 Å². The first kappa shape index (κ1) is 17.6. The Bertz CT molecular complexity index is 321. The van der Waals surface area contributed by atoms with Crippen LogP contribution < -0.4 is 5.73 Å². The van der Waals surface area contributed by atoms with Crippen LogP contribution in [-0.2, 0) is 19.1 Å². The Morgan fingerprint density at radius 1 is 1.16 bits per heavy atom. The van der Waals surface area contributed by atoms with Crippen molar-refractivity contribution in [1.82, 2.24) is 0 Å². The highest BCUT2D eigenvalue weighted by Gasteiger charge is 2.51. The van der Waals surface area contributed by atoms with Crippen LogP contribution in [0, 0.1) is 5.92 Å². The van der Waals surface area contributed by atoms with Crippen molar-refractivity contribution in [1.29, 1.82) is 0 Å². The van der Waals surface area contributed by atoms with Crippen molar-refractivity contribution >= 4 is 11.9 Å². The van der Waals surface area contributed by atoms with Crippen molar-refractivity contribution < 1.29 is 37.3 Å². The molecule has 0 radical (unpaired) electrons. The Kier molecular flexibility index (Phi) is 6.77. The van der Waals surface area contributed by atoms with Crippen molar-refractivity contribution in [3.8, 4) is 0 Å². The number of nitrogens with two attached hydrogens (primary N) is 1. The average Bonchev–Trinajstić information content (AvgIpc) is 2.28. The van der Waals surface area contributed by atoms with Gasteiger partial charge in [0, 0.05) is 0 Å². The van der Waals surface area contributed by atoms with E-state index >= 15 is 0 Å². The van der Waals surface area contributed by atoms with Gasteiger partial charge in [-0.2, -0.15) is 13.2 Å². The minimum absolute atomic E-state index is 0.121. The lowest BCUT2D eigenvalue weighted by molar-refractivity contribution is -0.226. The van der Waals surface area contributed by atoms with Crippen molar-refractivity contribution in [2.24, 2.45) is 11.7 Å². The molecule has 0 spiro atoms. The average molecular weight is 287 g/mol. The molecule has 0 aromatic rings. The van der Waals surface area contributed by atoms with Crippen LogP contribution >= 0.6 is 0 Å². The van der Waals surface area contributed by atoms with Gasteiger partial charge in [-0.05, 0) is 13.8 Å². The van der Waals surface area contributed by atoms with Crippen molar-refractivity contribution in [2.75, 3.05) is 13.2 Å². The minimum Gasteiger partial charge on any atom is -0.466 e. The number of alkyl halides is 3. The number of aliphatic hydroxyl groups excluding tert-OH is 1. The topological polar surface area (TPSA) is 98.9 Å². The van der Waals surface area contributed by atoms with Gasteiger partial charge < -0.3 is 20.3 Å². The highest BCUT2D eigenvalue weighted by molar-refractivity contribution is 5.85. The number of carbonyl (C=O) groups excluding carboxylic acids is 2. The lowest BCUT2D eigenvalue weighted by atomic mass is 9.93. The van der Waals surface area contributed by atoms with Gasteiger partial charge >= 0.3 is 18.1 Å². The molecule has 0 aliphatic rings. The van der Waals surface area contributed by atoms with Crippen LogP contribution in [0.15, 0.2) is 0 Å². The number of esters is 2. The SMILES string of the molecule is CCOC(=O)[C@@H]([C@@H](O)C(F)(F)F)[C@@H](N)C(=O)OCC. The van der Waals surface area contributed by atoms with Crippen LogP contribution in [0.1, 0.15) is 13.8 Å². The molecule has 0 fully saturated rings. The smallest absolute Gasteiger partial charge is 0.415 e. The summed E-state index contributed by atoms with van der Waals surface area (Å²) < 4.78 is 46.1. The third-order valence-electron chi connectivity index (χ3n) is 2.18. The fourth-order valence-corrected chi connectivity index (χ4v) is 1.30. The molecule has 3 atom stereocenters. The molecular weight excluding hydrogens is 271 g/mol. The highest BCUT2D eigenvalue weighted by atomic mass is 19.4. The third kappa shape index (κ3) is 5.03. The van der Waals surface area contributed by atoms with E-state index in [0.717, 1.165) is 0 Å². The summed E-state index contributed by atoms with van der Waals surface area (Å²) in [7, 11) is 0. The lowest BCUT2D eigenvalue weighted by Crippen LogP contribution is -2.53. The minimum atomic E-state index is -5.11. The quantitative estimate of drug-likeness (QED) is 0.666. The summed E-state index contributed by atoms with van der Waals surface area (Å²) in [5, 5.41) is 9.12. The summed E-state index contributed by atoms with van der Waals surface area (Å²) in [6, 6.07) is -1.96. The summed E-state index contributed by atoms with van der Waals surface area (Å²) >= 11 is 0. The van der Waals surface area contributed by atoms with Crippen LogP contribution in [-0.4, -0.2) is 48.6 Å². The van der Waals surface area contributed by atoms with Crippen LogP contribution in [0.4, 0.5) is 13.2 Å². The van der Waals surface area contributed by atoms with E-state index in [9.17, 15) is 22.8 Å². The Morgan fingerprint density at radius 3 is 1.95 bits per heavy atom. The molecule has 0 rings (SSSR count). The monoisotopic (exact) mass is 287 g/mol. The molecule has 19 heavy (non-hydrogen) atoms. The van der Waals surface area contributed by atoms with Crippen molar-refractivity contribution in [3.05, 3.63) is 0 Å². The largest absolute Gasteiger partial charge is 0.466 e. The van der Waals surface area contributed by atoms with E-state index in [1.54, 1.807) is 0 Å². The molecule has 0 aromatic carbocycles. The zero-order valence-electron chi connectivity index (χ0n) is 10.4. The molecular formula is C10H16F3NO5. The second-order valence-corrected chi connectivity index (χ2v) is 3.54. The Balaban J connectivity index is 5.16. The second-order valence-electron chi connectivity index (χ2n) is 3.54. The predicted molar refractivity (Wildman–Crippen MR) is 56.8 cm³/mol. The van der Waals surface area contributed by atoms with E-state index in [1.165, 1.54) is 13.8 Å². The molecule has 0 aliphatic heterocycles. The van der Waals surface area contributed by atoms with Gasteiger partial charge in [0.05, 0.1) is 13.2 Å². The Morgan fingerprint density at radius 2 is 1.58 bits per heavy atom. The molecule has 0 heterocycles. The normalized spacial score (nSPS) is 16.4. The first-order valence-electron chi connectivity index (χ1n) is 5.50. The standard InChI is InChI=1S/C10H16F3NO5/c1-3-18-8(16)5(7(15)10(11,12)13)6(14)9(17)19-4-2/h5-7,15H,3-4,14H2,1-2H3/t5-,6-,7-/m1/s1. The summed E-state index contributed by atoms with van der Waals surface area (Å²) in [5.74, 6) is -4.89. The first-order valence-corrected chi connectivity index (χ1v) is 5.50. The molecule has 0 saturated carbocycles.